The summed E-state index contributed by atoms with van der Waals surface area (Å²) in [5.74, 6) is 0.667. The number of nitrogens with two attached hydrogens (primary N) is 1. The highest BCUT2D eigenvalue weighted by Crippen LogP contribution is 2.15. The molecule has 82 valence electrons. The minimum atomic E-state index is 0.0283. The predicted octanol–water partition coefficient (Wildman–Crippen LogP) is 0.732. The number of amidine groups is 1. The van der Waals surface area contributed by atoms with Gasteiger partial charge in [-0.1, -0.05) is 0 Å². The van der Waals surface area contributed by atoms with Gasteiger partial charge in [0.25, 0.3) is 0 Å². The van der Waals surface area contributed by atoms with Crippen molar-refractivity contribution in [2.75, 3.05) is 25.6 Å². The molecule has 0 aliphatic heterocycles. The third-order valence-corrected chi connectivity index (χ3v) is 2.03. The Kier molecular flexibility index (Phi) is 4.05. The van der Waals surface area contributed by atoms with E-state index in [0.717, 1.165) is 5.56 Å². The van der Waals surface area contributed by atoms with Crippen LogP contribution in [0.25, 0.3) is 0 Å². The molecule has 15 heavy (non-hydrogen) atoms. The second kappa shape index (κ2) is 5.31. The van der Waals surface area contributed by atoms with Gasteiger partial charge in [-0.05, 0) is 18.6 Å². The zero-order valence-corrected chi connectivity index (χ0v) is 9.00. The molecule has 1 aromatic heterocycles. The molecule has 0 fully saturated rings. The topological polar surface area (TPSA) is 84.0 Å². The lowest BCUT2D eigenvalue weighted by atomic mass is 10.1. The Labute approximate surface area is 89.2 Å². The molecular weight excluding hydrogens is 192 g/mol. The summed E-state index contributed by atoms with van der Waals surface area (Å²) >= 11 is 0. The Morgan fingerprint density at radius 3 is 3.00 bits per heavy atom. The van der Waals surface area contributed by atoms with Gasteiger partial charge in [0.2, 0.25) is 0 Å². The Morgan fingerprint density at radius 1 is 1.67 bits per heavy atom. The number of hydrogen-bond acceptors (Lipinski definition) is 4. The zero-order chi connectivity index (χ0) is 11.3. The van der Waals surface area contributed by atoms with Crippen LogP contribution >= 0.6 is 0 Å². The molecule has 0 aromatic carbocycles. The molecule has 0 amide bonds. The molecule has 0 atom stereocenters. The van der Waals surface area contributed by atoms with E-state index in [9.17, 15) is 0 Å². The van der Waals surface area contributed by atoms with Crippen LogP contribution in [-0.2, 0) is 4.74 Å². The van der Waals surface area contributed by atoms with Gasteiger partial charge in [0, 0.05) is 19.9 Å². The number of nitrogens with one attached hydrogen (secondary N) is 2. The van der Waals surface area contributed by atoms with Crippen molar-refractivity contribution in [2.24, 2.45) is 5.73 Å². The maximum Gasteiger partial charge on any atom is 0.137 e. The van der Waals surface area contributed by atoms with Crippen LogP contribution in [0.1, 0.15) is 11.1 Å². The number of hydrogen-bond donors (Lipinski definition) is 3. The van der Waals surface area contributed by atoms with E-state index in [0.29, 0.717) is 24.5 Å². The quantitative estimate of drug-likeness (QED) is 0.378. The number of anilines is 1. The second-order valence-corrected chi connectivity index (χ2v) is 3.18. The normalized spacial score (nSPS) is 10.0. The molecule has 4 N–H and O–H groups in total. The minimum Gasteiger partial charge on any atom is -0.384 e. The first-order valence-corrected chi connectivity index (χ1v) is 4.69. The van der Waals surface area contributed by atoms with E-state index in [2.05, 4.69) is 10.3 Å². The number of aromatic nitrogens is 1. The molecule has 1 aromatic rings. The Hall–Kier alpha value is -1.62. The Bertz CT molecular complexity index is 351. The summed E-state index contributed by atoms with van der Waals surface area (Å²) in [6, 6.07) is 1.83. The van der Waals surface area contributed by atoms with Crippen LogP contribution in [-0.4, -0.2) is 31.1 Å². The number of rotatable bonds is 5. The third kappa shape index (κ3) is 2.92. The molecule has 0 saturated heterocycles. The molecular formula is C10H16N4O. The van der Waals surface area contributed by atoms with Gasteiger partial charge in [0.05, 0.1) is 12.2 Å². The van der Waals surface area contributed by atoms with Crippen molar-refractivity contribution in [1.82, 2.24) is 4.98 Å². The van der Waals surface area contributed by atoms with Crippen molar-refractivity contribution in [2.45, 2.75) is 6.92 Å². The van der Waals surface area contributed by atoms with E-state index < -0.39 is 0 Å². The van der Waals surface area contributed by atoms with Gasteiger partial charge in [0.15, 0.2) is 0 Å². The zero-order valence-electron chi connectivity index (χ0n) is 9.00. The Morgan fingerprint density at radius 2 is 2.40 bits per heavy atom. The molecule has 1 heterocycles. The summed E-state index contributed by atoms with van der Waals surface area (Å²) in [5, 5.41) is 10.5. The number of aryl methyl sites for hydroxylation is 1. The second-order valence-electron chi connectivity index (χ2n) is 3.18. The number of pyridine rings is 1. The first kappa shape index (κ1) is 11.5. The molecule has 0 aliphatic rings. The van der Waals surface area contributed by atoms with Crippen molar-refractivity contribution in [3.63, 3.8) is 0 Å². The fourth-order valence-electron chi connectivity index (χ4n) is 1.30. The molecule has 0 aliphatic carbocycles. The molecule has 5 nitrogen and oxygen atoms in total. The van der Waals surface area contributed by atoms with E-state index in [1.165, 1.54) is 0 Å². The van der Waals surface area contributed by atoms with Crippen LogP contribution in [0.4, 0.5) is 5.82 Å². The van der Waals surface area contributed by atoms with Crippen LogP contribution in [0.2, 0.25) is 0 Å². The number of nitrogens with zero attached hydrogens (tertiary/aromatic N) is 1. The molecule has 0 unspecified atom stereocenters. The van der Waals surface area contributed by atoms with Crippen molar-refractivity contribution in [1.29, 1.82) is 5.41 Å². The standard InChI is InChI=1S/C10H16N4O/c1-7-3-4-13-10(8(7)9(11)12)14-5-6-15-2/h3-4H,5-6H2,1-2H3,(H3,11,12)(H,13,14). The van der Waals surface area contributed by atoms with E-state index >= 15 is 0 Å². The van der Waals surface area contributed by atoms with Crippen molar-refractivity contribution in [3.05, 3.63) is 23.4 Å². The maximum absolute atomic E-state index is 7.46. The number of nitrogen functional groups attached to an aromatic ring is 1. The van der Waals surface area contributed by atoms with Crippen molar-refractivity contribution in [3.8, 4) is 0 Å². The van der Waals surface area contributed by atoms with E-state index in [1.807, 2.05) is 13.0 Å². The van der Waals surface area contributed by atoms with Gasteiger partial charge >= 0.3 is 0 Å². The lowest BCUT2D eigenvalue weighted by molar-refractivity contribution is 0.210. The highest BCUT2D eigenvalue weighted by molar-refractivity contribution is 6.00. The highest BCUT2D eigenvalue weighted by atomic mass is 16.5. The lowest BCUT2D eigenvalue weighted by Crippen LogP contribution is -2.18. The van der Waals surface area contributed by atoms with Crippen LogP contribution in [0.5, 0.6) is 0 Å². The smallest absolute Gasteiger partial charge is 0.137 e. The maximum atomic E-state index is 7.46. The summed E-state index contributed by atoms with van der Waals surface area (Å²) in [4.78, 5) is 4.15. The fourth-order valence-corrected chi connectivity index (χ4v) is 1.30. The average molecular weight is 208 g/mol. The number of ether oxygens (including phenoxy) is 1. The van der Waals surface area contributed by atoms with Gasteiger partial charge in [-0.2, -0.15) is 0 Å². The summed E-state index contributed by atoms with van der Waals surface area (Å²) in [5.41, 5.74) is 7.09. The molecule has 0 radical (unpaired) electrons. The monoisotopic (exact) mass is 208 g/mol. The predicted molar refractivity (Wildman–Crippen MR) is 60.4 cm³/mol. The SMILES string of the molecule is COCCNc1nccc(C)c1C(=N)N. The summed E-state index contributed by atoms with van der Waals surface area (Å²) in [7, 11) is 1.64. The van der Waals surface area contributed by atoms with Gasteiger partial charge in [-0.25, -0.2) is 4.98 Å². The van der Waals surface area contributed by atoms with Crippen LogP contribution in [0.3, 0.4) is 0 Å². The van der Waals surface area contributed by atoms with Crippen LogP contribution in [0, 0.1) is 12.3 Å². The van der Waals surface area contributed by atoms with E-state index in [4.69, 9.17) is 15.9 Å². The van der Waals surface area contributed by atoms with Crippen molar-refractivity contribution < 1.29 is 4.74 Å². The average Bonchev–Trinajstić information content (AvgIpc) is 2.17. The Balaban J connectivity index is 2.86. The largest absolute Gasteiger partial charge is 0.384 e. The van der Waals surface area contributed by atoms with Crippen LogP contribution < -0.4 is 11.1 Å². The summed E-state index contributed by atoms with van der Waals surface area (Å²) in [6.07, 6.45) is 1.69. The molecule has 1 rings (SSSR count). The summed E-state index contributed by atoms with van der Waals surface area (Å²) in [6.45, 7) is 3.14. The van der Waals surface area contributed by atoms with Crippen molar-refractivity contribution >= 4 is 11.7 Å². The van der Waals surface area contributed by atoms with Gasteiger partial charge in [0.1, 0.15) is 11.7 Å². The fraction of sp³-hybridized carbons (Fsp3) is 0.400. The number of methoxy groups -OCH3 is 1. The molecule has 5 heteroatoms. The third-order valence-electron chi connectivity index (χ3n) is 2.03. The molecule has 0 saturated carbocycles. The lowest BCUT2D eigenvalue weighted by Gasteiger charge is -2.11. The first-order chi connectivity index (χ1) is 7.16. The van der Waals surface area contributed by atoms with Crippen LogP contribution in [0.15, 0.2) is 12.3 Å². The molecule has 0 spiro atoms. The van der Waals surface area contributed by atoms with E-state index in [-0.39, 0.29) is 5.84 Å². The van der Waals surface area contributed by atoms with Gasteiger partial charge in [-0.15, -0.1) is 0 Å². The molecule has 0 bridgehead atoms. The summed E-state index contributed by atoms with van der Waals surface area (Å²) < 4.78 is 4.92. The minimum absolute atomic E-state index is 0.0283. The first-order valence-electron chi connectivity index (χ1n) is 4.69. The van der Waals surface area contributed by atoms with Gasteiger partial charge < -0.3 is 15.8 Å². The van der Waals surface area contributed by atoms with E-state index in [1.54, 1.807) is 13.3 Å². The highest BCUT2D eigenvalue weighted by Gasteiger charge is 2.08. The van der Waals surface area contributed by atoms with Gasteiger partial charge in [-0.3, -0.25) is 5.41 Å².